The van der Waals surface area contributed by atoms with E-state index >= 15 is 0 Å². The van der Waals surface area contributed by atoms with Crippen LogP contribution >= 0.6 is 11.8 Å². The summed E-state index contributed by atoms with van der Waals surface area (Å²) in [5.74, 6) is 0.922. The Hall–Kier alpha value is -1.37. The molecule has 6 nitrogen and oxygen atoms in total. The normalized spacial score (nSPS) is 18.4. The van der Waals surface area contributed by atoms with Gasteiger partial charge in [-0.15, -0.1) is 11.8 Å². The van der Waals surface area contributed by atoms with Gasteiger partial charge in [-0.05, 0) is 24.5 Å². The number of amides is 3. The molecular weight excluding hydrogens is 314 g/mol. The van der Waals surface area contributed by atoms with E-state index in [1.165, 1.54) is 16.7 Å². The van der Waals surface area contributed by atoms with Crippen molar-refractivity contribution < 1.29 is 14.4 Å². The summed E-state index contributed by atoms with van der Waals surface area (Å²) in [6.45, 7) is 6.42. The fourth-order valence-corrected chi connectivity index (χ4v) is 3.20. The van der Waals surface area contributed by atoms with Gasteiger partial charge in [0.2, 0.25) is 17.7 Å². The van der Waals surface area contributed by atoms with Gasteiger partial charge in [0, 0.05) is 25.6 Å². The molecule has 0 spiro atoms. The van der Waals surface area contributed by atoms with Crippen molar-refractivity contribution in [3.05, 3.63) is 0 Å². The van der Waals surface area contributed by atoms with Gasteiger partial charge in [0.1, 0.15) is 0 Å². The fraction of sp³-hybridized carbons (Fsp3) is 0.750. The van der Waals surface area contributed by atoms with E-state index in [-0.39, 0.29) is 23.0 Å². The van der Waals surface area contributed by atoms with E-state index in [1.807, 2.05) is 20.8 Å². The molecule has 23 heavy (non-hydrogen) atoms. The fourth-order valence-electron chi connectivity index (χ4n) is 2.27. The van der Waals surface area contributed by atoms with Crippen LogP contribution in [0.1, 0.15) is 52.9 Å². The maximum Gasteiger partial charge on any atom is 0.242 e. The summed E-state index contributed by atoms with van der Waals surface area (Å²) in [6, 6.07) is 0. The number of rotatable bonds is 10. The lowest BCUT2D eigenvalue weighted by molar-refractivity contribution is -0.138. The second-order valence-corrected chi connectivity index (χ2v) is 7.38. The molecule has 1 N–H and O–H groups in total. The van der Waals surface area contributed by atoms with E-state index in [4.69, 9.17) is 0 Å². The van der Waals surface area contributed by atoms with Crippen molar-refractivity contribution >= 4 is 35.7 Å². The number of hydrogen-bond acceptors (Lipinski definition) is 5. The number of thioether (sulfide) groups is 1. The first-order chi connectivity index (χ1) is 11.0. The Labute approximate surface area is 142 Å². The van der Waals surface area contributed by atoms with E-state index in [1.54, 1.807) is 6.21 Å². The van der Waals surface area contributed by atoms with Crippen LogP contribution in [-0.2, 0) is 14.4 Å². The molecule has 1 rings (SSSR count). The molecule has 0 aliphatic carbocycles. The molecule has 1 aliphatic heterocycles. The van der Waals surface area contributed by atoms with Crippen LogP contribution in [0.4, 0.5) is 0 Å². The highest BCUT2D eigenvalue weighted by molar-refractivity contribution is 8.00. The van der Waals surface area contributed by atoms with Crippen LogP contribution in [0, 0.1) is 5.92 Å². The lowest BCUT2D eigenvalue weighted by Gasteiger charge is -2.14. The molecular formula is C16H27N3O3S. The minimum atomic E-state index is -0.197. The Morgan fingerprint density at radius 3 is 2.78 bits per heavy atom. The van der Waals surface area contributed by atoms with Gasteiger partial charge in [-0.25, -0.2) is 5.43 Å². The lowest BCUT2D eigenvalue weighted by atomic mass is 10.2. The molecule has 0 bridgehead atoms. The summed E-state index contributed by atoms with van der Waals surface area (Å²) in [5, 5.41) is 3.66. The monoisotopic (exact) mass is 341 g/mol. The number of likely N-dealkylation sites (tertiary alicyclic amines) is 1. The van der Waals surface area contributed by atoms with E-state index in [0.29, 0.717) is 25.3 Å². The summed E-state index contributed by atoms with van der Waals surface area (Å²) >= 11 is 1.53. The first kappa shape index (κ1) is 19.7. The van der Waals surface area contributed by atoms with Crippen molar-refractivity contribution in [1.29, 1.82) is 0 Å². The van der Waals surface area contributed by atoms with E-state index in [0.717, 1.165) is 25.0 Å². The van der Waals surface area contributed by atoms with Gasteiger partial charge in [0.25, 0.3) is 0 Å². The molecule has 1 fully saturated rings. The first-order valence-corrected chi connectivity index (χ1v) is 9.28. The number of nitrogens with zero attached hydrogens (tertiary/aromatic N) is 2. The highest BCUT2D eigenvalue weighted by Crippen LogP contribution is 2.25. The molecule has 1 atom stereocenters. The minimum Gasteiger partial charge on any atom is -0.282 e. The Kier molecular flexibility index (Phi) is 8.91. The summed E-state index contributed by atoms with van der Waals surface area (Å²) in [7, 11) is 0. The summed E-state index contributed by atoms with van der Waals surface area (Å²) in [5.41, 5.74) is 2.49. The largest absolute Gasteiger partial charge is 0.282 e. The van der Waals surface area contributed by atoms with Gasteiger partial charge in [-0.1, -0.05) is 27.2 Å². The molecule has 130 valence electrons. The van der Waals surface area contributed by atoms with Crippen LogP contribution in [0.25, 0.3) is 0 Å². The van der Waals surface area contributed by atoms with E-state index < -0.39 is 0 Å². The number of hydrazone groups is 1. The minimum absolute atomic E-state index is 0.0531. The average molecular weight is 341 g/mol. The van der Waals surface area contributed by atoms with Crippen LogP contribution in [-0.4, -0.2) is 46.4 Å². The predicted octanol–water partition coefficient (Wildman–Crippen LogP) is 2.19. The standard InChI is InChI=1S/C16H27N3O3S/c1-4-23-13-10-15(21)19(16(13)22)9-7-5-6-8-14(20)18-17-11-12(2)3/h11-13H,4-10H2,1-3H3,(H,18,20)/b17-11+. The number of imide groups is 1. The molecule has 7 heteroatoms. The Morgan fingerprint density at radius 1 is 1.39 bits per heavy atom. The Bertz CT molecular complexity index is 452. The van der Waals surface area contributed by atoms with Crippen LogP contribution in [0.3, 0.4) is 0 Å². The molecule has 0 radical (unpaired) electrons. The molecule has 0 aromatic rings. The molecule has 0 saturated carbocycles. The summed E-state index contributed by atoms with van der Waals surface area (Å²) < 4.78 is 0. The third-order valence-corrected chi connectivity index (χ3v) is 4.52. The molecule has 0 aromatic heterocycles. The predicted molar refractivity (Wildman–Crippen MR) is 93.2 cm³/mol. The lowest BCUT2D eigenvalue weighted by Crippen LogP contribution is -2.32. The van der Waals surface area contributed by atoms with E-state index in [9.17, 15) is 14.4 Å². The van der Waals surface area contributed by atoms with Gasteiger partial charge in [0.05, 0.1) is 5.25 Å². The average Bonchev–Trinajstić information content (AvgIpc) is 2.74. The van der Waals surface area contributed by atoms with Crippen LogP contribution in [0.5, 0.6) is 0 Å². The Balaban J connectivity index is 2.16. The molecule has 0 aromatic carbocycles. The zero-order valence-corrected chi connectivity index (χ0v) is 15.0. The second kappa shape index (κ2) is 10.4. The van der Waals surface area contributed by atoms with Gasteiger partial charge in [0.15, 0.2) is 0 Å². The van der Waals surface area contributed by atoms with Gasteiger partial charge < -0.3 is 0 Å². The zero-order chi connectivity index (χ0) is 17.2. The zero-order valence-electron chi connectivity index (χ0n) is 14.2. The molecule has 1 heterocycles. The SMILES string of the molecule is CCSC1CC(=O)N(CCCCCC(=O)N/N=C/C(C)C)C1=O. The first-order valence-electron chi connectivity index (χ1n) is 8.23. The highest BCUT2D eigenvalue weighted by Gasteiger charge is 2.37. The quantitative estimate of drug-likeness (QED) is 0.286. The molecule has 1 unspecified atom stereocenters. The molecule has 1 saturated heterocycles. The topological polar surface area (TPSA) is 78.8 Å². The number of hydrogen-bond donors (Lipinski definition) is 1. The third kappa shape index (κ3) is 7.16. The van der Waals surface area contributed by atoms with Crippen molar-refractivity contribution in [1.82, 2.24) is 10.3 Å². The number of carbonyl (C=O) groups excluding carboxylic acids is 3. The summed E-state index contributed by atoms with van der Waals surface area (Å²) in [6.07, 6.45) is 4.70. The Morgan fingerprint density at radius 2 is 2.13 bits per heavy atom. The number of carbonyl (C=O) groups is 3. The van der Waals surface area contributed by atoms with Crippen molar-refractivity contribution in [3.63, 3.8) is 0 Å². The number of unbranched alkanes of at least 4 members (excludes halogenated alkanes) is 2. The molecule has 1 aliphatic rings. The number of nitrogens with one attached hydrogen (secondary N) is 1. The van der Waals surface area contributed by atoms with Crippen molar-refractivity contribution in [2.45, 2.75) is 58.1 Å². The van der Waals surface area contributed by atoms with Gasteiger partial charge in [-0.2, -0.15) is 5.10 Å². The highest BCUT2D eigenvalue weighted by atomic mass is 32.2. The van der Waals surface area contributed by atoms with E-state index in [2.05, 4.69) is 10.5 Å². The third-order valence-electron chi connectivity index (χ3n) is 3.42. The van der Waals surface area contributed by atoms with Gasteiger partial charge >= 0.3 is 0 Å². The van der Waals surface area contributed by atoms with Gasteiger partial charge in [-0.3, -0.25) is 19.3 Å². The van der Waals surface area contributed by atoms with Crippen LogP contribution in [0.15, 0.2) is 5.10 Å². The van der Waals surface area contributed by atoms with Crippen LogP contribution in [0.2, 0.25) is 0 Å². The van der Waals surface area contributed by atoms with Crippen molar-refractivity contribution in [2.24, 2.45) is 11.0 Å². The van der Waals surface area contributed by atoms with Crippen molar-refractivity contribution in [2.75, 3.05) is 12.3 Å². The van der Waals surface area contributed by atoms with Crippen LogP contribution < -0.4 is 5.43 Å². The molecule has 3 amide bonds. The van der Waals surface area contributed by atoms with Crippen molar-refractivity contribution in [3.8, 4) is 0 Å². The smallest absolute Gasteiger partial charge is 0.242 e. The second-order valence-electron chi connectivity index (χ2n) is 5.90. The maximum atomic E-state index is 12.1. The maximum absolute atomic E-state index is 12.1. The summed E-state index contributed by atoms with van der Waals surface area (Å²) in [4.78, 5) is 36.8.